The summed E-state index contributed by atoms with van der Waals surface area (Å²) >= 11 is 0. The van der Waals surface area contributed by atoms with Crippen molar-refractivity contribution in [3.8, 4) is 0 Å². The lowest BCUT2D eigenvalue weighted by molar-refractivity contribution is 0.409. The number of hydrogen-bond donors (Lipinski definition) is 3. The number of aliphatic hydroxyl groups is 1. The second kappa shape index (κ2) is 8.80. The topological polar surface area (TPSA) is 48.0 Å². The molecule has 25 heavy (non-hydrogen) atoms. The Morgan fingerprint density at radius 2 is 1.88 bits per heavy atom. The monoisotopic (exact) mass is 340 g/mol. The lowest BCUT2D eigenvalue weighted by Gasteiger charge is -2.20. The van der Waals surface area contributed by atoms with E-state index in [1.165, 1.54) is 29.5 Å². The molecule has 0 aromatic carbocycles. The van der Waals surface area contributed by atoms with Crippen LogP contribution in [-0.4, -0.2) is 16.6 Å². The fourth-order valence-corrected chi connectivity index (χ4v) is 3.49. The summed E-state index contributed by atoms with van der Waals surface area (Å²) in [4.78, 5) is 3.35. The van der Waals surface area contributed by atoms with Crippen LogP contribution in [0, 0.1) is 0 Å². The highest BCUT2D eigenvalue weighted by Crippen LogP contribution is 2.33. The second-order valence-electron chi connectivity index (χ2n) is 6.79. The Balaban J connectivity index is 2.46. The smallest absolute Gasteiger partial charge is 0.111 e. The van der Waals surface area contributed by atoms with Crippen LogP contribution in [0.2, 0.25) is 0 Å². The summed E-state index contributed by atoms with van der Waals surface area (Å²) < 4.78 is 0. The number of H-pyrrole nitrogens is 1. The third-order valence-electron chi connectivity index (χ3n) is 4.74. The number of rotatable bonds is 7. The third-order valence-corrected chi connectivity index (χ3v) is 4.74. The minimum absolute atomic E-state index is 0.373. The van der Waals surface area contributed by atoms with Gasteiger partial charge in [0.25, 0.3) is 0 Å². The van der Waals surface area contributed by atoms with Gasteiger partial charge in [0.15, 0.2) is 0 Å². The lowest BCUT2D eigenvalue weighted by Crippen LogP contribution is -2.13. The quantitative estimate of drug-likeness (QED) is 0.386. The molecule has 0 bridgehead atoms. The molecular weight excluding hydrogens is 308 g/mol. The zero-order valence-corrected chi connectivity index (χ0v) is 16.3. The van der Waals surface area contributed by atoms with Crippen molar-refractivity contribution in [2.75, 3.05) is 11.9 Å². The number of hydrogen-bond acceptors (Lipinski definition) is 2. The molecule has 0 saturated carbocycles. The van der Waals surface area contributed by atoms with Crippen molar-refractivity contribution in [3.05, 3.63) is 51.5 Å². The average molecular weight is 341 g/mol. The number of nitrogens with one attached hydrogen (secondary N) is 2. The molecule has 0 fully saturated rings. The zero-order valence-electron chi connectivity index (χ0n) is 16.3. The summed E-state index contributed by atoms with van der Waals surface area (Å²) in [6.45, 7) is 11.0. The van der Waals surface area contributed by atoms with Crippen LogP contribution in [0.1, 0.15) is 71.4 Å². The molecular formula is C22H32N2O. The van der Waals surface area contributed by atoms with E-state index in [0.29, 0.717) is 12.3 Å². The van der Waals surface area contributed by atoms with Crippen LogP contribution in [0.5, 0.6) is 0 Å². The van der Waals surface area contributed by atoms with Gasteiger partial charge in [-0.05, 0) is 50.8 Å². The Morgan fingerprint density at radius 3 is 2.44 bits per heavy atom. The summed E-state index contributed by atoms with van der Waals surface area (Å²) in [6.07, 6.45) is 13.3. The predicted octanol–water partition coefficient (Wildman–Crippen LogP) is 6.61. The van der Waals surface area contributed by atoms with Gasteiger partial charge in [-0.25, -0.2) is 0 Å². The number of aliphatic hydroxyl groups excluding tert-OH is 1. The largest absolute Gasteiger partial charge is 0.512 e. The predicted molar refractivity (Wildman–Crippen MR) is 110 cm³/mol. The highest BCUT2D eigenvalue weighted by atomic mass is 16.3. The fourth-order valence-electron chi connectivity index (χ4n) is 3.49. The van der Waals surface area contributed by atoms with Gasteiger partial charge in [0, 0.05) is 29.4 Å². The Labute approximate surface area is 152 Å². The van der Waals surface area contributed by atoms with E-state index >= 15 is 0 Å². The molecule has 1 aliphatic rings. The van der Waals surface area contributed by atoms with E-state index in [-0.39, 0.29) is 0 Å². The molecule has 0 aliphatic carbocycles. The number of allylic oxidation sites excluding steroid dienone is 4. The summed E-state index contributed by atoms with van der Waals surface area (Å²) in [5, 5.41) is 13.6. The van der Waals surface area contributed by atoms with E-state index < -0.39 is 0 Å². The molecule has 0 amide bonds. The van der Waals surface area contributed by atoms with Crippen molar-refractivity contribution in [1.82, 2.24) is 4.98 Å². The fraction of sp³-hybridized carbons (Fsp3) is 0.455. The van der Waals surface area contributed by atoms with Crippen molar-refractivity contribution in [2.24, 2.45) is 0 Å². The first-order valence-electron chi connectivity index (χ1n) is 9.40. The maximum Gasteiger partial charge on any atom is 0.111 e. The van der Waals surface area contributed by atoms with Crippen LogP contribution in [0.15, 0.2) is 40.3 Å². The second-order valence-corrected chi connectivity index (χ2v) is 6.79. The number of fused-ring (bicyclic) bond motifs is 1. The van der Waals surface area contributed by atoms with E-state index in [4.69, 9.17) is 0 Å². The molecule has 3 nitrogen and oxygen atoms in total. The van der Waals surface area contributed by atoms with Gasteiger partial charge in [-0.1, -0.05) is 44.4 Å². The van der Waals surface area contributed by atoms with Crippen LogP contribution in [0.25, 0.3) is 12.2 Å². The Kier molecular flexibility index (Phi) is 6.74. The van der Waals surface area contributed by atoms with Crippen molar-refractivity contribution in [3.63, 3.8) is 0 Å². The highest BCUT2D eigenvalue weighted by molar-refractivity contribution is 5.81. The van der Waals surface area contributed by atoms with Crippen molar-refractivity contribution in [1.29, 1.82) is 0 Å². The van der Waals surface area contributed by atoms with E-state index in [0.717, 1.165) is 35.4 Å². The lowest BCUT2D eigenvalue weighted by atomic mass is 9.92. The summed E-state index contributed by atoms with van der Waals surface area (Å²) in [6, 6.07) is 0. The number of anilines is 1. The van der Waals surface area contributed by atoms with Crippen LogP contribution in [-0.2, 0) is 0 Å². The van der Waals surface area contributed by atoms with E-state index in [9.17, 15) is 5.11 Å². The maximum atomic E-state index is 10.2. The van der Waals surface area contributed by atoms with Crippen LogP contribution >= 0.6 is 0 Å². The molecule has 0 saturated heterocycles. The first-order chi connectivity index (χ1) is 12.0. The SMILES string of the molecule is C/C=C(C)/C(C1=Cc2c(C=C(CCC)CCC)c[nH]c2NC1)=C(/C)O. The first-order valence-corrected chi connectivity index (χ1v) is 9.40. The summed E-state index contributed by atoms with van der Waals surface area (Å²) in [7, 11) is 0. The van der Waals surface area contributed by atoms with Gasteiger partial charge in [0.05, 0.1) is 5.76 Å². The van der Waals surface area contributed by atoms with E-state index in [1.54, 1.807) is 6.92 Å². The van der Waals surface area contributed by atoms with Crippen molar-refractivity contribution in [2.45, 2.75) is 60.3 Å². The number of aromatic nitrogens is 1. The molecule has 0 unspecified atom stereocenters. The average Bonchev–Trinajstić information content (AvgIpc) is 2.97. The van der Waals surface area contributed by atoms with Gasteiger partial charge in [0.1, 0.15) is 5.82 Å². The third kappa shape index (κ3) is 4.47. The molecule has 0 radical (unpaired) electrons. The van der Waals surface area contributed by atoms with Crippen molar-refractivity contribution < 1.29 is 5.11 Å². The van der Waals surface area contributed by atoms with Gasteiger partial charge in [0.2, 0.25) is 0 Å². The highest BCUT2D eigenvalue weighted by Gasteiger charge is 2.19. The van der Waals surface area contributed by atoms with E-state index in [2.05, 4.69) is 42.5 Å². The van der Waals surface area contributed by atoms with Crippen LogP contribution < -0.4 is 5.32 Å². The molecule has 136 valence electrons. The molecule has 2 heterocycles. The minimum atomic E-state index is 0.373. The standard InChI is InChI=1S/C22H32N2O/c1-6-9-17(10-7-2)11-18-13-23-22-20(18)12-19(14-24-22)21(16(5)25)15(4)8-3/h8,11-13,23-25H,6-7,9-10,14H2,1-5H3/b15-8+,21-16+. The van der Waals surface area contributed by atoms with Gasteiger partial charge in [-0.15, -0.1) is 0 Å². The Hall–Kier alpha value is -2.16. The molecule has 1 aromatic heterocycles. The van der Waals surface area contributed by atoms with Gasteiger partial charge >= 0.3 is 0 Å². The zero-order chi connectivity index (χ0) is 18.4. The normalized spacial score (nSPS) is 15.1. The van der Waals surface area contributed by atoms with Gasteiger partial charge in [-0.3, -0.25) is 0 Å². The van der Waals surface area contributed by atoms with Crippen LogP contribution in [0.4, 0.5) is 5.82 Å². The first kappa shape index (κ1) is 19.2. The summed E-state index contributed by atoms with van der Waals surface area (Å²) in [5.74, 6) is 1.44. The molecule has 2 rings (SSSR count). The molecule has 0 atom stereocenters. The maximum absolute atomic E-state index is 10.2. The van der Waals surface area contributed by atoms with Gasteiger partial charge in [-0.2, -0.15) is 0 Å². The minimum Gasteiger partial charge on any atom is -0.512 e. The molecule has 3 heteroatoms. The Morgan fingerprint density at radius 1 is 1.20 bits per heavy atom. The molecule has 1 aromatic rings. The van der Waals surface area contributed by atoms with Crippen LogP contribution in [0.3, 0.4) is 0 Å². The van der Waals surface area contributed by atoms with Crippen molar-refractivity contribution >= 4 is 18.0 Å². The van der Waals surface area contributed by atoms with E-state index in [1.807, 2.05) is 19.9 Å². The molecule has 1 aliphatic heterocycles. The Bertz CT molecular complexity index is 717. The molecule has 0 spiro atoms. The summed E-state index contributed by atoms with van der Waals surface area (Å²) in [5.41, 5.74) is 7.09. The number of aromatic amines is 1. The van der Waals surface area contributed by atoms with Gasteiger partial charge < -0.3 is 15.4 Å². The molecule has 3 N–H and O–H groups in total.